The third kappa shape index (κ3) is 2.99. The molecule has 108 valence electrons. The zero-order valence-corrected chi connectivity index (χ0v) is 12.3. The molecule has 0 unspecified atom stereocenters. The molecule has 0 aromatic carbocycles. The maximum absolute atomic E-state index is 10.7. The molecule has 1 aliphatic rings. The zero-order valence-electron chi connectivity index (χ0n) is 12.3. The number of aryl methyl sites for hydroxylation is 1. The molecule has 1 fully saturated rings. The number of aliphatic hydroxyl groups is 1. The fourth-order valence-corrected chi connectivity index (χ4v) is 2.82. The molecule has 0 bridgehead atoms. The van der Waals surface area contributed by atoms with Crippen LogP contribution in [0.25, 0.3) is 0 Å². The Morgan fingerprint density at radius 1 is 1.53 bits per heavy atom. The summed E-state index contributed by atoms with van der Waals surface area (Å²) in [5.41, 5.74) is -0.0616. The maximum Gasteiger partial charge on any atom is 0.150 e. The molecule has 0 aliphatic carbocycles. The minimum atomic E-state index is -0.754. The summed E-state index contributed by atoms with van der Waals surface area (Å²) in [5, 5.41) is 14.6. The van der Waals surface area contributed by atoms with Crippen LogP contribution in [0.3, 0.4) is 0 Å². The van der Waals surface area contributed by atoms with E-state index in [1.807, 2.05) is 13.0 Å². The summed E-state index contributed by atoms with van der Waals surface area (Å²) in [6, 6.07) is 1.96. The highest BCUT2D eigenvalue weighted by Gasteiger charge is 2.47. The number of ether oxygens (including phenoxy) is 1. The third-order valence-corrected chi connectivity index (χ3v) is 4.16. The lowest BCUT2D eigenvalue weighted by molar-refractivity contribution is -0.152. The lowest BCUT2D eigenvalue weighted by atomic mass is 9.70. The van der Waals surface area contributed by atoms with Crippen molar-refractivity contribution in [1.29, 1.82) is 0 Å². The molecule has 0 spiro atoms. The molecule has 1 aromatic heterocycles. The smallest absolute Gasteiger partial charge is 0.150 e. The maximum atomic E-state index is 10.7. The van der Waals surface area contributed by atoms with Gasteiger partial charge in [-0.2, -0.15) is 0 Å². The second-order valence-electron chi connectivity index (χ2n) is 6.24. The van der Waals surface area contributed by atoms with Gasteiger partial charge in [-0.05, 0) is 13.3 Å². The van der Waals surface area contributed by atoms with Gasteiger partial charge in [0, 0.05) is 31.7 Å². The van der Waals surface area contributed by atoms with Gasteiger partial charge in [0.15, 0.2) is 5.76 Å². The van der Waals surface area contributed by atoms with Crippen molar-refractivity contribution in [2.45, 2.75) is 39.3 Å². The average molecular weight is 268 g/mol. The summed E-state index contributed by atoms with van der Waals surface area (Å²) in [4.78, 5) is 2.30. The van der Waals surface area contributed by atoms with E-state index in [4.69, 9.17) is 9.26 Å². The van der Waals surface area contributed by atoms with Crippen LogP contribution in [0.4, 0.5) is 0 Å². The van der Waals surface area contributed by atoms with Crippen LogP contribution >= 0.6 is 0 Å². The Morgan fingerprint density at radius 3 is 2.79 bits per heavy atom. The van der Waals surface area contributed by atoms with Crippen molar-refractivity contribution >= 4 is 0 Å². The topological polar surface area (TPSA) is 58.7 Å². The molecule has 2 heterocycles. The highest BCUT2D eigenvalue weighted by atomic mass is 16.5. The van der Waals surface area contributed by atoms with Gasteiger partial charge in [0.2, 0.25) is 0 Å². The van der Waals surface area contributed by atoms with Crippen LogP contribution in [0.5, 0.6) is 0 Å². The number of piperidine rings is 1. The van der Waals surface area contributed by atoms with E-state index in [-0.39, 0.29) is 5.41 Å². The molecule has 1 saturated heterocycles. The van der Waals surface area contributed by atoms with Gasteiger partial charge >= 0.3 is 0 Å². The summed E-state index contributed by atoms with van der Waals surface area (Å²) < 4.78 is 10.4. The van der Waals surface area contributed by atoms with Gasteiger partial charge in [0.1, 0.15) is 0 Å². The summed E-state index contributed by atoms with van der Waals surface area (Å²) in [7, 11) is 1.64. The van der Waals surface area contributed by atoms with Gasteiger partial charge in [0.05, 0.1) is 24.4 Å². The predicted octanol–water partition coefficient (Wildman–Crippen LogP) is 1.59. The minimum absolute atomic E-state index is 0.212. The summed E-state index contributed by atoms with van der Waals surface area (Å²) in [5.74, 6) is 0.880. The number of likely N-dealkylation sites (tertiary alicyclic amines) is 1. The molecular weight excluding hydrogens is 244 g/mol. The first-order chi connectivity index (χ1) is 8.86. The van der Waals surface area contributed by atoms with Gasteiger partial charge in [-0.25, -0.2) is 0 Å². The van der Waals surface area contributed by atoms with E-state index in [1.165, 1.54) is 0 Å². The molecule has 1 atom stereocenters. The molecule has 0 radical (unpaired) electrons. The number of nitrogens with zero attached hydrogens (tertiary/aromatic N) is 2. The van der Waals surface area contributed by atoms with Crippen LogP contribution in [-0.4, -0.2) is 47.6 Å². The van der Waals surface area contributed by atoms with Crippen molar-refractivity contribution in [3.8, 4) is 0 Å². The molecule has 19 heavy (non-hydrogen) atoms. The second-order valence-corrected chi connectivity index (χ2v) is 6.24. The minimum Gasteiger partial charge on any atom is -0.387 e. The van der Waals surface area contributed by atoms with Crippen LogP contribution in [0.1, 0.15) is 31.7 Å². The molecule has 5 nitrogen and oxygen atoms in total. The van der Waals surface area contributed by atoms with E-state index in [0.29, 0.717) is 13.0 Å². The third-order valence-electron chi connectivity index (χ3n) is 4.16. The standard InChI is InChI=1S/C14H24N2O3/c1-11-7-12(19-15-11)8-16-6-5-14(17,10-18-4)13(2,3)9-16/h7,17H,5-6,8-10H2,1-4H3/t14-/m1/s1. The van der Waals surface area contributed by atoms with Gasteiger partial charge in [0.25, 0.3) is 0 Å². The predicted molar refractivity (Wildman–Crippen MR) is 71.7 cm³/mol. The van der Waals surface area contributed by atoms with Crippen molar-refractivity contribution in [1.82, 2.24) is 10.1 Å². The fraction of sp³-hybridized carbons (Fsp3) is 0.786. The second kappa shape index (κ2) is 5.23. The lowest BCUT2D eigenvalue weighted by Gasteiger charge is -2.49. The summed E-state index contributed by atoms with van der Waals surface area (Å²) in [6.07, 6.45) is 0.709. The van der Waals surface area contributed by atoms with E-state index in [2.05, 4.69) is 23.9 Å². The normalized spacial score (nSPS) is 27.6. The number of methoxy groups -OCH3 is 1. The molecule has 0 amide bonds. The Hall–Kier alpha value is -0.910. The van der Waals surface area contributed by atoms with E-state index in [1.54, 1.807) is 7.11 Å². The van der Waals surface area contributed by atoms with Crippen molar-refractivity contribution in [2.24, 2.45) is 5.41 Å². The van der Waals surface area contributed by atoms with Crippen LogP contribution in [0.2, 0.25) is 0 Å². The molecule has 1 aliphatic heterocycles. The Bertz CT molecular complexity index is 430. The highest BCUT2D eigenvalue weighted by molar-refractivity contribution is 5.05. The number of hydrogen-bond acceptors (Lipinski definition) is 5. The van der Waals surface area contributed by atoms with Crippen molar-refractivity contribution < 1.29 is 14.4 Å². The van der Waals surface area contributed by atoms with Gasteiger partial charge in [-0.3, -0.25) is 4.90 Å². The van der Waals surface area contributed by atoms with Gasteiger partial charge < -0.3 is 14.4 Å². The largest absolute Gasteiger partial charge is 0.387 e. The zero-order chi connectivity index (χ0) is 14.1. The Morgan fingerprint density at radius 2 is 2.26 bits per heavy atom. The molecule has 2 rings (SSSR count). The number of aromatic nitrogens is 1. The summed E-state index contributed by atoms with van der Waals surface area (Å²) in [6.45, 7) is 8.87. The fourth-order valence-electron chi connectivity index (χ4n) is 2.82. The van der Waals surface area contributed by atoms with E-state index in [9.17, 15) is 5.11 Å². The van der Waals surface area contributed by atoms with Gasteiger partial charge in [-0.15, -0.1) is 0 Å². The number of rotatable bonds is 4. The number of hydrogen-bond donors (Lipinski definition) is 1. The molecular formula is C14H24N2O3. The lowest BCUT2D eigenvalue weighted by Crippen LogP contribution is -2.59. The van der Waals surface area contributed by atoms with Crippen molar-refractivity contribution in [3.63, 3.8) is 0 Å². The SMILES string of the molecule is COC[C@]1(O)CCN(Cc2cc(C)no2)CC1(C)C. The van der Waals surface area contributed by atoms with Crippen LogP contribution < -0.4 is 0 Å². The Balaban J connectivity index is 2.01. The van der Waals surface area contributed by atoms with Gasteiger partial charge in [-0.1, -0.05) is 19.0 Å². The van der Waals surface area contributed by atoms with Crippen LogP contribution in [0, 0.1) is 12.3 Å². The van der Waals surface area contributed by atoms with Crippen LogP contribution in [-0.2, 0) is 11.3 Å². The Kier molecular flexibility index (Phi) is 3.99. The first-order valence-electron chi connectivity index (χ1n) is 6.72. The quantitative estimate of drug-likeness (QED) is 0.898. The summed E-state index contributed by atoms with van der Waals surface area (Å²) >= 11 is 0. The molecule has 1 N–H and O–H groups in total. The van der Waals surface area contributed by atoms with E-state index in [0.717, 1.165) is 31.1 Å². The van der Waals surface area contributed by atoms with Crippen molar-refractivity contribution in [2.75, 3.05) is 26.8 Å². The van der Waals surface area contributed by atoms with E-state index >= 15 is 0 Å². The van der Waals surface area contributed by atoms with Crippen LogP contribution in [0.15, 0.2) is 10.6 Å². The van der Waals surface area contributed by atoms with E-state index < -0.39 is 5.60 Å². The first-order valence-corrected chi connectivity index (χ1v) is 6.72. The molecule has 5 heteroatoms. The van der Waals surface area contributed by atoms with Crippen molar-refractivity contribution in [3.05, 3.63) is 17.5 Å². The molecule has 1 aromatic rings. The molecule has 0 saturated carbocycles. The average Bonchev–Trinajstić information content (AvgIpc) is 2.70. The monoisotopic (exact) mass is 268 g/mol. The highest BCUT2D eigenvalue weighted by Crippen LogP contribution is 2.39. The Labute approximate surface area is 114 Å². The first kappa shape index (κ1) is 14.5.